The zero-order valence-corrected chi connectivity index (χ0v) is 13.3. The summed E-state index contributed by atoms with van der Waals surface area (Å²) < 4.78 is 29.3. The third-order valence-electron chi connectivity index (χ3n) is 3.64. The van der Waals surface area contributed by atoms with Gasteiger partial charge in [0.2, 0.25) is 10.0 Å². The molecule has 22 heavy (non-hydrogen) atoms. The highest BCUT2D eigenvalue weighted by molar-refractivity contribution is 7.89. The summed E-state index contributed by atoms with van der Waals surface area (Å²) >= 11 is 0. The van der Waals surface area contributed by atoms with Gasteiger partial charge in [0.05, 0.1) is 22.3 Å². The lowest BCUT2D eigenvalue weighted by Gasteiger charge is -2.09. The van der Waals surface area contributed by atoms with Gasteiger partial charge in [0.25, 0.3) is 0 Å². The average molecular weight is 315 g/mol. The molecule has 6 heteroatoms. The Morgan fingerprint density at radius 2 is 1.95 bits per heavy atom. The molecule has 5 nitrogen and oxygen atoms in total. The van der Waals surface area contributed by atoms with Gasteiger partial charge < -0.3 is 4.57 Å². The molecule has 114 valence electrons. The summed E-state index contributed by atoms with van der Waals surface area (Å²) in [4.78, 5) is 4.60. The van der Waals surface area contributed by atoms with E-state index >= 15 is 0 Å². The summed E-state index contributed by atoms with van der Waals surface area (Å²) in [6.45, 7) is 2.03. The first kappa shape index (κ1) is 14.7. The average Bonchev–Trinajstić information content (AvgIpc) is 2.86. The Morgan fingerprint density at radius 1 is 1.18 bits per heavy atom. The van der Waals surface area contributed by atoms with E-state index in [2.05, 4.69) is 9.71 Å². The van der Waals surface area contributed by atoms with Crippen LogP contribution in [0.3, 0.4) is 0 Å². The van der Waals surface area contributed by atoms with Crippen molar-refractivity contribution < 1.29 is 8.42 Å². The van der Waals surface area contributed by atoms with E-state index in [0.29, 0.717) is 4.90 Å². The van der Waals surface area contributed by atoms with Gasteiger partial charge in [-0.25, -0.2) is 18.1 Å². The number of rotatable bonds is 4. The summed E-state index contributed by atoms with van der Waals surface area (Å²) in [7, 11) is -1.59. The molecule has 3 rings (SSSR count). The van der Waals surface area contributed by atoms with Crippen molar-refractivity contribution in [2.24, 2.45) is 7.05 Å². The molecule has 0 atom stereocenters. The smallest absolute Gasteiger partial charge is 0.241 e. The molecule has 0 amide bonds. The van der Waals surface area contributed by atoms with Crippen LogP contribution in [-0.4, -0.2) is 18.0 Å². The minimum absolute atomic E-state index is 0.239. The van der Waals surface area contributed by atoms with Gasteiger partial charge in [-0.15, -0.1) is 0 Å². The number of nitrogens with zero attached hydrogens (tertiary/aromatic N) is 2. The predicted molar refractivity (Wildman–Crippen MR) is 85.9 cm³/mol. The Bertz CT molecular complexity index is 929. The standard InChI is InChI=1S/C16H17N3O2S/c1-12-5-3-4-6-16(12)22(20,21)18-10-13-7-8-15-14(9-13)17-11-19(15)2/h3-9,11,18H,10H2,1-2H3. The van der Waals surface area contributed by atoms with Crippen LogP contribution in [0.4, 0.5) is 0 Å². The number of benzene rings is 2. The maximum Gasteiger partial charge on any atom is 0.241 e. The van der Waals surface area contributed by atoms with E-state index in [0.717, 1.165) is 22.2 Å². The number of aromatic nitrogens is 2. The Balaban J connectivity index is 1.82. The lowest BCUT2D eigenvalue weighted by Crippen LogP contribution is -2.23. The minimum atomic E-state index is -3.51. The molecule has 0 spiro atoms. The third kappa shape index (κ3) is 2.75. The molecule has 0 aliphatic rings. The van der Waals surface area contributed by atoms with Crippen molar-refractivity contribution in [1.29, 1.82) is 0 Å². The number of nitrogens with one attached hydrogen (secondary N) is 1. The van der Waals surface area contributed by atoms with E-state index < -0.39 is 10.0 Å². The quantitative estimate of drug-likeness (QED) is 0.804. The van der Waals surface area contributed by atoms with Crippen LogP contribution in [0.5, 0.6) is 0 Å². The first-order chi connectivity index (χ1) is 10.5. The largest absolute Gasteiger partial charge is 0.334 e. The molecule has 0 radical (unpaired) electrons. The van der Waals surface area contributed by atoms with Gasteiger partial charge in [-0.3, -0.25) is 0 Å². The topological polar surface area (TPSA) is 64.0 Å². The summed E-state index contributed by atoms with van der Waals surface area (Å²) in [6.07, 6.45) is 1.74. The molecule has 0 saturated heterocycles. The van der Waals surface area contributed by atoms with Crippen molar-refractivity contribution in [2.75, 3.05) is 0 Å². The summed E-state index contributed by atoms with van der Waals surface area (Å²) in [5.41, 5.74) is 3.49. The number of hydrogen-bond donors (Lipinski definition) is 1. The Labute approximate surface area is 129 Å². The molecule has 0 bridgehead atoms. The number of hydrogen-bond acceptors (Lipinski definition) is 3. The SMILES string of the molecule is Cc1ccccc1S(=O)(=O)NCc1ccc2c(c1)ncn2C. The zero-order valence-electron chi connectivity index (χ0n) is 12.4. The van der Waals surface area contributed by atoms with Crippen LogP contribution in [0.15, 0.2) is 53.7 Å². The Kier molecular flexibility index (Phi) is 3.72. The highest BCUT2D eigenvalue weighted by Crippen LogP contribution is 2.16. The van der Waals surface area contributed by atoms with Gasteiger partial charge in [-0.1, -0.05) is 24.3 Å². The van der Waals surface area contributed by atoms with Gasteiger partial charge >= 0.3 is 0 Å². The Morgan fingerprint density at radius 3 is 2.73 bits per heavy atom. The van der Waals surface area contributed by atoms with Crippen LogP contribution in [0.25, 0.3) is 11.0 Å². The first-order valence-corrected chi connectivity index (χ1v) is 8.41. The fraction of sp³-hybridized carbons (Fsp3) is 0.188. The number of fused-ring (bicyclic) bond motifs is 1. The molecular formula is C16H17N3O2S. The third-order valence-corrected chi connectivity index (χ3v) is 5.20. The van der Waals surface area contributed by atoms with Crippen molar-refractivity contribution in [2.45, 2.75) is 18.4 Å². The monoisotopic (exact) mass is 315 g/mol. The molecule has 0 aliphatic carbocycles. The van der Waals surface area contributed by atoms with E-state index in [4.69, 9.17) is 0 Å². The second-order valence-corrected chi connectivity index (χ2v) is 7.00. The minimum Gasteiger partial charge on any atom is -0.334 e. The van der Waals surface area contributed by atoms with Gasteiger partial charge in [0.15, 0.2) is 0 Å². The molecule has 0 aliphatic heterocycles. The molecule has 3 aromatic rings. The lowest BCUT2D eigenvalue weighted by molar-refractivity contribution is 0.580. The Hall–Kier alpha value is -2.18. The van der Waals surface area contributed by atoms with Crippen molar-refractivity contribution in [3.8, 4) is 0 Å². The lowest BCUT2D eigenvalue weighted by atomic mass is 10.2. The normalized spacial score (nSPS) is 11.9. The van der Waals surface area contributed by atoms with E-state index in [1.807, 2.05) is 35.9 Å². The fourth-order valence-corrected chi connectivity index (χ4v) is 3.67. The first-order valence-electron chi connectivity index (χ1n) is 6.92. The van der Waals surface area contributed by atoms with Crippen LogP contribution >= 0.6 is 0 Å². The van der Waals surface area contributed by atoms with Crippen LogP contribution in [-0.2, 0) is 23.6 Å². The predicted octanol–water partition coefficient (Wildman–Crippen LogP) is 2.36. The van der Waals surface area contributed by atoms with Crippen molar-refractivity contribution in [3.63, 3.8) is 0 Å². The molecule has 2 aromatic carbocycles. The van der Waals surface area contributed by atoms with Gasteiger partial charge in [-0.05, 0) is 36.2 Å². The highest BCUT2D eigenvalue weighted by Gasteiger charge is 2.15. The van der Waals surface area contributed by atoms with Crippen LogP contribution in [0.1, 0.15) is 11.1 Å². The van der Waals surface area contributed by atoms with Crippen LogP contribution in [0, 0.1) is 6.92 Å². The number of imidazole rings is 1. The van der Waals surface area contributed by atoms with E-state index in [-0.39, 0.29) is 6.54 Å². The second kappa shape index (κ2) is 5.55. The molecule has 0 saturated carbocycles. The maximum atomic E-state index is 12.4. The summed E-state index contributed by atoms with van der Waals surface area (Å²) in [6, 6.07) is 12.7. The van der Waals surface area contributed by atoms with E-state index in [1.165, 1.54) is 0 Å². The molecule has 1 aromatic heterocycles. The number of aryl methyl sites for hydroxylation is 2. The fourth-order valence-electron chi connectivity index (χ4n) is 2.41. The molecular weight excluding hydrogens is 298 g/mol. The van der Waals surface area contributed by atoms with Crippen molar-refractivity contribution >= 4 is 21.1 Å². The van der Waals surface area contributed by atoms with E-state index in [9.17, 15) is 8.42 Å². The van der Waals surface area contributed by atoms with Crippen LogP contribution in [0.2, 0.25) is 0 Å². The zero-order chi connectivity index (χ0) is 15.7. The second-order valence-electron chi connectivity index (χ2n) is 5.27. The van der Waals surface area contributed by atoms with Gasteiger partial charge in [0.1, 0.15) is 0 Å². The highest BCUT2D eigenvalue weighted by atomic mass is 32.2. The van der Waals surface area contributed by atoms with E-state index in [1.54, 1.807) is 31.5 Å². The molecule has 1 heterocycles. The summed E-state index contributed by atoms with van der Waals surface area (Å²) in [5.74, 6) is 0. The molecule has 0 fully saturated rings. The molecule has 0 unspecified atom stereocenters. The van der Waals surface area contributed by atoms with Crippen molar-refractivity contribution in [3.05, 3.63) is 59.9 Å². The maximum absolute atomic E-state index is 12.4. The summed E-state index contributed by atoms with van der Waals surface area (Å²) in [5, 5.41) is 0. The van der Waals surface area contributed by atoms with Crippen molar-refractivity contribution in [1.82, 2.24) is 14.3 Å². The number of sulfonamides is 1. The van der Waals surface area contributed by atoms with Crippen LogP contribution < -0.4 is 4.72 Å². The van der Waals surface area contributed by atoms with Gasteiger partial charge in [-0.2, -0.15) is 0 Å². The van der Waals surface area contributed by atoms with Gasteiger partial charge in [0, 0.05) is 13.6 Å². The molecule has 1 N–H and O–H groups in total.